The Labute approximate surface area is 251 Å². The molecule has 11 nitrogen and oxygen atoms in total. The van der Waals surface area contributed by atoms with Gasteiger partial charge in [-0.3, -0.25) is 0 Å². The molecular formula is C7H7ClNa4O11P4+4. The molecule has 1 aromatic carbocycles. The van der Waals surface area contributed by atoms with E-state index in [4.69, 9.17) is 16.7 Å². The second-order valence-corrected chi connectivity index (χ2v) is 6.37. The monoisotopic (exact) mass is 518 g/mol. The average Bonchev–Trinajstić information content (AvgIpc) is 2.37. The van der Waals surface area contributed by atoms with E-state index in [1.807, 2.05) is 0 Å². The van der Waals surface area contributed by atoms with Crippen LogP contribution in [0.2, 0.25) is 5.02 Å². The van der Waals surface area contributed by atoms with Crippen LogP contribution in [0.5, 0.6) is 0 Å². The predicted molar refractivity (Wildman–Crippen MR) is 70.0 cm³/mol. The van der Waals surface area contributed by atoms with Crippen molar-refractivity contribution in [2.24, 2.45) is 0 Å². The number of hydrogen-bond donors (Lipinski definition) is 1. The molecule has 0 aliphatic carbocycles. The standard InChI is InChI=1S/C7H7ClO.4Na.2O5P2/c8-7-3-1-6(5-9)2-4-7;;;;;2*1-6(2)5-7(3)4/h1-4,9H,5H2;;;;;;/q;4*+1;;. The number of benzene rings is 1. The maximum atomic E-state index is 9.24. The van der Waals surface area contributed by atoms with Gasteiger partial charge in [0.15, 0.2) is 0 Å². The molecule has 0 fully saturated rings. The van der Waals surface area contributed by atoms with Gasteiger partial charge in [0, 0.05) is 5.02 Å². The Morgan fingerprint density at radius 2 is 1.00 bits per heavy atom. The summed E-state index contributed by atoms with van der Waals surface area (Å²) in [6.07, 6.45) is 0. The largest absolute Gasteiger partial charge is 1.00 e. The zero-order valence-corrected chi connectivity index (χ0v) is 27.0. The Bertz CT molecular complexity index is 502. The molecule has 0 aromatic heterocycles. The van der Waals surface area contributed by atoms with Gasteiger partial charge in [-0.2, -0.15) is 0 Å². The summed E-state index contributed by atoms with van der Waals surface area (Å²) in [5, 5.41) is 9.29. The zero-order valence-electron chi connectivity index (χ0n) is 14.7. The summed E-state index contributed by atoms with van der Waals surface area (Å²) in [7, 11) is -12.9. The quantitative estimate of drug-likeness (QED) is 0.287. The fourth-order valence-electron chi connectivity index (χ4n) is 0.699. The van der Waals surface area contributed by atoms with Crippen LogP contribution < -0.4 is 138 Å². The van der Waals surface area contributed by atoms with Crippen molar-refractivity contribution in [3.8, 4) is 0 Å². The first-order valence-electron chi connectivity index (χ1n) is 4.87. The van der Waals surface area contributed by atoms with Gasteiger partial charge in [0.05, 0.1) is 6.61 Å². The van der Waals surface area contributed by atoms with Gasteiger partial charge in [-0.1, -0.05) is 23.7 Å². The number of aliphatic hydroxyl groups is 1. The number of aliphatic hydroxyl groups excluding tert-OH is 1. The molecule has 128 valence electrons. The molecule has 0 aliphatic heterocycles. The van der Waals surface area contributed by atoms with Gasteiger partial charge in [-0.25, -0.2) is 0 Å². The van der Waals surface area contributed by atoms with Crippen LogP contribution in [-0.4, -0.2) is 5.11 Å². The Balaban J connectivity index is -0.0000000577. The first-order chi connectivity index (χ1) is 10.6. The third-order valence-electron chi connectivity index (χ3n) is 1.36. The predicted octanol–water partition coefficient (Wildman–Crippen LogP) is -12.1. The maximum absolute atomic E-state index is 9.24. The van der Waals surface area contributed by atoms with Gasteiger partial charge in [0.1, 0.15) is 8.62 Å². The minimum atomic E-state index is -3.24. The topological polar surface area (TPSA) is 199 Å². The molecule has 1 N–H and O–H groups in total. The van der Waals surface area contributed by atoms with E-state index in [1.165, 1.54) is 0 Å². The van der Waals surface area contributed by atoms with Gasteiger partial charge >= 0.3 is 151 Å². The van der Waals surface area contributed by atoms with Crippen molar-refractivity contribution in [3.05, 3.63) is 34.9 Å². The fraction of sp³-hybridized carbons (Fsp3) is 0.143. The van der Waals surface area contributed by atoms with E-state index in [0.717, 1.165) is 5.56 Å². The van der Waals surface area contributed by atoms with Gasteiger partial charge in [-0.05, 0) is 36.0 Å². The molecule has 0 aliphatic rings. The molecule has 4 atom stereocenters. The summed E-state index contributed by atoms with van der Waals surface area (Å²) in [5.41, 5.74) is 0.888. The fourth-order valence-corrected chi connectivity index (χ4v) is 1.70. The number of halogens is 1. The molecule has 27 heavy (non-hydrogen) atoms. The normalized spacial score (nSPS) is 10.1. The molecule has 0 amide bonds. The van der Waals surface area contributed by atoms with E-state index in [9.17, 15) is 37.8 Å². The van der Waals surface area contributed by atoms with Crippen LogP contribution in [0.25, 0.3) is 0 Å². The van der Waals surface area contributed by atoms with E-state index in [2.05, 4.69) is 8.62 Å². The van der Waals surface area contributed by atoms with Crippen LogP contribution in [0.1, 0.15) is 5.56 Å². The van der Waals surface area contributed by atoms with Crippen molar-refractivity contribution < 1.29 is 170 Å². The number of rotatable bonds is 5. The van der Waals surface area contributed by atoms with Gasteiger partial charge < -0.3 is 24.7 Å². The van der Waals surface area contributed by atoms with E-state index >= 15 is 0 Å². The Morgan fingerprint density at radius 1 is 0.741 bits per heavy atom. The van der Waals surface area contributed by atoms with E-state index in [-0.39, 0.29) is 125 Å². The molecule has 0 saturated heterocycles. The van der Waals surface area contributed by atoms with Crippen molar-refractivity contribution in [2.45, 2.75) is 6.61 Å². The summed E-state index contributed by atoms with van der Waals surface area (Å²) in [4.78, 5) is 37.0. The SMILES string of the molecule is O=[P+]([O-])O[P+](=O)[O-].O=[P+]([O-])O[P+](=O)[O-].OCc1ccc(Cl)cc1.[Na+].[Na+].[Na+].[Na+]. The van der Waals surface area contributed by atoms with Crippen LogP contribution in [0, 0.1) is 0 Å². The first-order valence-corrected chi connectivity index (χ1v) is 9.63. The Hall–Kier alpha value is 3.63. The van der Waals surface area contributed by atoms with Crippen molar-refractivity contribution in [2.75, 3.05) is 0 Å². The molecule has 0 saturated carbocycles. The van der Waals surface area contributed by atoms with Crippen molar-refractivity contribution in [1.29, 1.82) is 0 Å². The van der Waals surface area contributed by atoms with Gasteiger partial charge in [-0.15, -0.1) is 0 Å². The van der Waals surface area contributed by atoms with E-state index in [0.29, 0.717) is 5.02 Å². The van der Waals surface area contributed by atoms with Crippen molar-refractivity contribution >= 4 is 44.6 Å². The van der Waals surface area contributed by atoms with Crippen molar-refractivity contribution in [3.63, 3.8) is 0 Å². The second-order valence-electron chi connectivity index (χ2n) is 2.84. The summed E-state index contributed by atoms with van der Waals surface area (Å²) in [6, 6.07) is 7.10. The zero-order chi connectivity index (χ0) is 18.4. The van der Waals surface area contributed by atoms with Gasteiger partial charge in [0.2, 0.25) is 0 Å². The molecule has 1 rings (SSSR count). The van der Waals surface area contributed by atoms with Gasteiger partial charge in [0.25, 0.3) is 0 Å². The minimum absolute atomic E-state index is 0. The van der Waals surface area contributed by atoms with Crippen molar-refractivity contribution in [1.82, 2.24) is 0 Å². The molecular weight excluding hydrogens is 511 g/mol. The maximum Gasteiger partial charge on any atom is 1.00 e. The van der Waals surface area contributed by atoms with E-state index in [1.54, 1.807) is 24.3 Å². The van der Waals surface area contributed by atoms with Crippen LogP contribution in [0.4, 0.5) is 0 Å². The first kappa shape index (κ1) is 44.3. The third-order valence-corrected chi connectivity index (χ3v) is 3.75. The summed E-state index contributed by atoms with van der Waals surface area (Å²) >= 11 is 5.59. The smallest absolute Gasteiger partial charge is 0.563 e. The second kappa shape index (κ2) is 29.6. The minimum Gasteiger partial charge on any atom is -0.563 e. The molecule has 20 heteroatoms. The third kappa shape index (κ3) is 40.5. The van der Waals surface area contributed by atoms with Crippen LogP contribution in [0.3, 0.4) is 0 Å². The van der Waals surface area contributed by atoms with E-state index < -0.39 is 33.0 Å². The molecule has 0 bridgehead atoms. The summed E-state index contributed by atoms with van der Waals surface area (Å²) < 4.78 is 43.3. The molecule has 0 spiro atoms. The molecule has 1 aromatic rings. The molecule has 0 heterocycles. The Kier molecular flexibility index (Phi) is 48.6. The Morgan fingerprint density at radius 3 is 1.15 bits per heavy atom. The van der Waals surface area contributed by atoms with Crippen LogP contribution >= 0.6 is 44.6 Å². The van der Waals surface area contributed by atoms with Crippen LogP contribution in [0.15, 0.2) is 24.3 Å². The average molecular weight is 518 g/mol. The molecule has 4 unspecified atom stereocenters. The summed E-state index contributed by atoms with van der Waals surface area (Å²) in [5.74, 6) is 0. The molecule has 0 radical (unpaired) electrons. The summed E-state index contributed by atoms with van der Waals surface area (Å²) in [6.45, 7) is 0.0805. The van der Waals surface area contributed by atoms with Crippen LogP contribution in [-0.2, 0) is 33.5 Å². The number of hydrogen-bond acceptors (Lipinski definition) is 11.